The topological polar surface area (TPSA) is 61.8 Å². The first-order chi connectivity index (χ1) is 8.47. The Morgan fingerprint density at radius 1 is 1.28 bits per heavy atom. The van der Waals surface area contributed by atoms with Gasteiger partial charge in [0, 0.05) is 23.8 Å². The fourth-order valence-corrected chi connectivity index (χ4v) is 1.98. The molecule has 1 aromatic carbocycles. The predicted octanol–water partition coefficient (Wildman–Crippen LogP) is 2.65. The third-order valence-corrected chi connectivity index (χ3v) is 2.78. The average molecular weight is 249 g/mol. The van der Waals surface area contributed by atoms with E-state index in [1.165, 1.54) is 0 Å². The first kappa shape index (κ1) is 14.4. The van der Waals surface area contributed by atoms with Gasteiger partial charge in [-0.25, -0.2) is 0 Å². The molecule has 0 aromatic heterocycles. The van der Waals surface area contributed by atoms with Crippen LogP contribution in [0.25, 0.3) is 0 Å². The van der Waals surface area contributed by atoms with Crippen molar-refractivity contribution in [3.05, 3.63) is 29.8 Å². The highest BCUT2D eigenvalue weighted by Crippen LogP contribution is 2.23. The Morgan fingerprint density at radius 3 is 2.39 bits per heavy atom. The van der Waals surface area contributed by atoms with Crippen LogP contribution >= 0.6 is 0 Å². The summed E-state index contributed by atoms with van der Waals surface area (Å²) in [6, 6.07) is 8.11. The number of benzene rings is 1. The summed E-state index contributed by atoms with van der Waals surface area (Å²) < 4.78 is 0. The van der Waals surface area contributed by atoms with E-state index in [4.69, 9.17) is 10.9 Å². The van der Waals surface area contributed by atoms with E-state index in [0.717, 1.165) is 17.8 Å². The van der Waals surface area contributed by atoms with Crippen LogP contribution in [-0.4, -0.2) is 23.6 Å². The minimum atomic E-state index is 0.153. The molecule has 1 rings (SSSR count). The lowest BCUT2D eigenvalue weighted by atomic mass is 10.1. The van der Waals surface area contributed by atoms with Crippen molar-refractivity contribution in [2.75, 3.05) is 11.4 Å². The van der Waals surface area contributed by atoms with Crippen LogP contribution < -0.4 is 10.6 Å². The van der Waals surface area contributed by atoms with Gasteiger partial charge < -0.3 is 15.8 Å². The third kappa shape index (κ3) is 3.39. The largest absolute Gasteiger partial charge is 0.409 e. The zero-order valence-electron chi connectivity index (χ0n) is 11.6. The van der Waals surface area contributed by atoms with Gasteiger partial charge in [-0.05, 0) is 31.9 Å². The van der Waals surface area contributed by atoms with Crippen molar-refractivity contribution < 1.29 is 5.21 Å². The minimum absolute atomic E-state index is 0.153. The monoisotopic (exact) mass is 249 g/mol. The van der Waals surface area contributed by atoms with E-state index in [1.54, 1.807) is 0 Å². The third-order valence-electron chi connectivity index (χ3n) is 2.78. The number of hydrogen-bond donors (Lipinski definition) is 2. The van der Waals surface area contributed by atoms with Crippen molar-refractivity contribution in [2.45, 2.75) is 33.7 Å². The van der Waals surface area contributed by atoms with Gasteiger partial charge in [-0.15, -0.1) is 0 Å². The number of nitrogens with zero attached hydrogens (tertiary/aromatic N) is 2. The normalized spacial score (nSPS) is 12.2. The Bertz CT molecular complexity index is 413. The standard InChI is InChI=1S/C14H23N3O/c1-10(2)9-17(11(3)4)13-8-6-5-7-12(13)14(15)16-18/h5-8,10-11,18H,9H2,1-4H3,(H2,15,16). The van der Waals surface area contributed by atoms with Crippen molar-refractivity contribution in [2.24, 2.45) is 16.8 Å². The molecule has 0 heterocycles. The molecule has 4 nitrogen and oxygen atoms in total. The summed E-state index contributed by atoms with van der Waals surface area (Å²) in [6.45, 7) is 9.59. The fourth-order valence-electron chi connectivity index (χ4n) is 1.98. The van der Waals surface area contributed by atoms with Crippen LogP contribution in [0.1, 0.15) is 33.3 Å². The summed E-state index contributed by atoms with van der Waals surface area (Å²) in [5.41, 5.74) is 7.52. The molecule has 3 N–H and O–H groups in total. The van der Waals surface area contributed by atoms with Crippen molar-refractivity contribution in [3.8, 4) is 0 Å². The van der Waals surface area contributed by atoms with Crippen LogP contribution in [0.2, 0.25) is 0 Å². The van der Waals surface area contributed by atoms with Crippen molar-refractivity contribution >= 4 is 11.5 Å². The molecular weight excluding hydrogens is 226 g/mol. The molecule has 0 radical (unpaired) electrons. The number of anilines is 1. The van der Waals surface area contributed by atoms with E-state index in [-0.39, 0.29) is 5.84 Å². The summed E-state index contributed by atoms with van der Waals surface area (Å²) in [6.07, 6.45) is 0. The molecule has 100 valence electrons. The maximum atomic E-state index is 8.86. The molecule has 18 heavy (non-hydrogen) atoms. The lowest BCUT2D eigenvalue weighted by Crippen LogP contribution is -2.35. The van der Waals surface area contributed by atoms with Gasteiger partial charge in [0.1, 0.15) is 0 Å². The molecule has 4 heteroatoms. The van der Waals surface area contributed by atoms with Gasteiger partial charge in [0.25, 0.3) is 0 Å². The van der Waals surface area contributed by atoms with Crippen LogP contribution in [-0.2, 0) is 0 Å². The number of para-hydroxylation sites is 1. The van der Waals surface area contributed by atoms with E-state index in [0.29, 0.717) is 12.0 Å². The lowest BCUT2D eigenvalue weighted by molar-refractivity contribution is 0.318. The summed E-state index contributed by atoms with van der Waals surface area (Å²) in [4.78, 5) is 2.28. The summed E-state index contributed by atoms with van der Waals surface area (Å²) in [5.74, 6) is 0.702. The number of amidine groups is 1. The van der Waals surface area contributed by atoms with Crippen molar-refractivity contribution in [1.82, 2.24) is 0 Å². The molecule has 0 saturated heterocycles. The van der Waals surface area contributed by atoms with E-state index in [1.807, 2.05) is 24.3 Å². The molecular formula is C14H23N3O. The van der Waals surface area contributed by atoms with E-state index >= 15 is 0 Å². The Balaban J connectivity index is 3.19. The molecule has 0 amide bonds. The highest BCUT2D eigenvalue weighted by Gasteiger charge is 2.17. The molecule has 0 aliphatic rings. The van der Waals surface area contributed by atoms with Crippen molar-refractivity contribution in [1.29, 1.82) is 0 Å². The Kier molecular flexibility index (Phi) is 5.01. The second-order valence-corrected chi connectivity index (χ2v) is 5.14. The van der Waals surface area contributed by atoms with Gasteiger partial charge in [-0.2, -0.15) is 0 Å². The summed E-state index contributed by atoms with van der Waals surface area (Å²) in [7, 11) is 0. The molecule has 0 bridgehead atoms. The zero-order chi connectivity index (χ0) is 13.7. The van der Waals surface area contributed by atoms with Crippen LogP contribution in [0.3, 0.4) is 0 Å². The first-order valence-corrected chi connectivity index (χ1v) is 6.31. The van der Waals surface area contributed by atoms with E-state index in [2.05, 4.69) is 37.8 Å². The molecule has 0 aliphatic carbocycles. The highest BCUT2D eigenvalue weighted by atomic mass is 16.4. The van der Waals surface area contributed by atoms with E-state index in [9.17, 15) is 0 Å². The molecule has 0 spiro atoms. The second-order valence-electron chi connectivity index (χ2n) is 5.14. The number of hydrogen-bond acceptors (Lipinski definition) is 3. The number of oxime groups is 1. The number of nitrogens with two attached hydrogens (primary N) is 1. The second kappa shape index (κ2) is 6.28. The smallest absolute Gasteiger partial charge is 0.172 e. The minimum Gasteiger partial charge on any atom is -0.409 e. The Labute approximate surface area is 109 Å². The predicted molar refractivity (Wildman–Crippen MR) is 76.3 cm³/mol. The van der Waals surface area contributed by atoms with Gasteiger partial charge in [0.05, 0.1) is 0 Å². The first-order valence-electron chi connectivity index (χ1n) is 6.31. The Hall–Kier alpha value is -1.71. The zero-order valence-corrected chi connectivity index (χ0v) is 11.6. The SMILES string of the molecule is CC(C)CN(c1ccccc1C(N)=NO)C(C)C. The molecule has 0 atom stereocenters. The summed E-state index contributed by atoms with van der Waals surface area (Å²) in [5, 5.41) is 12.0. The van der Waals surface area contributed by atoms with Gasteiger partial charge in [-0.1, -0.05) is 31.1 Å². The van der Waals surface area contributed by atoms with Crippen LogP contribution in [0, 0.1) is 5.92 Å². The van der Waals surface area contributed by atoms with Gasteiger partial charge in [0.2, 0.25) is 0 Å². The van der Waals surface area contributed by atoms with E-state index < -0.39 is 0 Å². The fraction of sp³-hybridized carbons (Fsp3) is 0.500. The molecule has 1 aromatic rings. The summed E-state index contributed by atoms with van der Waals surface area (Å²) >= 11 is 0. The molecule has 0 aliphatic heterocycles. The van der Waals surface area contributed by atoms with Crippen LogP contribution in [0.15, 0.2) is 29.4 Å². The van der Waals surface area contributed by atoms with Crippen LogP contribution in [0.5, 0.6) is 0 Å². The number of rotatable bonds is 5. The lowest BCUT2D eigenvalue weighted by Gasteiger charge is -2.32. The molecule has 0 fully saturated rings. The van der Waals surface area contributed by atoms with Crippen molar-refractivity contribution in [3.63, 3.8) is 0 Å². The molecule has 0 unspecified atom stereocenters. The maximum absolute atomic E-state index is 8.86. The van der Waals surface area contributed by atoms with Gasteiger partial charge in [-0.3, -0.25) is 0 Å². The maximum Gasteiger partial charge on any atom is 0.172 e. The van der Waals surface area contributed by atoms with Crippen LogP contribution in [0.4, 0.5) is 5.69 Å². The Morgan fingerprint density at radius 2 is 1.89 bits per heavy atom. The highest BCUT2D eigenvalue weighted by molar-refractivity contribution is 6.02. The average Bonchev–Trinajstić information content (AvgIpc) is 2.34. The van der Waals surface area contributed by atoms with Gasteiger partial charge >= 0.3 is 0 Å². The molecule has 0 saturated carbocycles. The quantitative estimate of drug-likeness (QED) is 0.365. The van der Waals surface area contributed by atoms with Gasteiger partial charge in [0.15, 0.2) is 5.84 Å².